The van der Waals surface area contributed by atoms with E-state index in [-0.39, 0.29) is 68.0 Å². The Morgan fingerprint density at radius 3 is 2.20 bits per heavy atom. The van der Waals surface area contributed by atoms with Gasteiger partial charge in [0.2, 0.25) is 0 Å². The number of aromatic hydroxyl groups is 1. The molecule has 0 aliphatic heterocycles. The normalized spacial score (nSPS) is 11.9. The second-order valence-corrected chi connectivity index (χ2v) is 9.91. The third kappa shape index (κ3) is 5.81. The molecule has 0 fully saturated rings. The molecule has 4 aromatic carbocycles. The molecular formula is C22H16N3NaO7S2. The zero-order valence-electron chi connectivity index (χ0n) is 18.2. The van der Waals surface area contributed by atoms with Crippen molar-refractivity contribution in [3.05, 3.63) is 78.9 Å². The van der Waals surface area contributed by atoms with Gasteiger partial charge in [-0.15, -0.1) is 10.2 Å². The van der Waals surface area contributed by atoms with Crippen LogP contribution in [0.2, 0.25) is 0 Å². The summed E-state index contributed by atoms with van der Waals surface area (Å²) in [5.74, 6) is -0.442. The van der Waals surface area contributed by atoms with Crippen molar-refractivity contribution in [2.24, 2.45) is 10.2 Å². The Labute approximate surface area is 223 Å². The van der Waals surface area contributed by atoms with Gasteiger partial charge >= 0.3 is 39.7 Å². The van der Waals surface area contributed by atoms with E-state index in [0.29, 0.717) is 0 Å². The largest absolute Gasteiger partial charge is 1.00 e. The summed E-state index contributed by atoms with van der Waals surface area (Å²) in [4.78, 5) is -0.884. The maximum atomic E-state index is 12.8. The zero-order valence-corrected chi connectivity index (χ0v) is 21.8. The van der Waals surface area contributed by atoms with Crippen molar-refractivity contribution in [3.8, 4) is 11.5 Å². The van der Waals surface area contributed by atoms with Crippen molar-refractivity contribution in [1.82, 2.24) is 0 Å². The quantitative estimate of drug-likeness (QED) is 0.125. The minimum atomic E-state index is -4.82. The van der Waals surface area contributed by atoms with Crippen molar-refractivity contribution >= 4 is 48.1 Å². The van der Waals surface area contributed by atoms with Crippen LogP contribution in [-0.2, 0) is 20.2 Å². The zero-order chi connectivity index (χ0) is 24.5. The standard InChI is InChI=1S/C22H17N3O7S2.Na/c23-17-11-10-14-12-16(33(27,28)29)13-19(26)21(14)22(17)25-24-18-8-4-5-9-20(18)34(30,31)32-15-6-2-1-3-7-15;/h1-13,26H,23H2,(H,27,28,29);/q;+1/p-1. The van der Waals surface area contributed by atoms with Gasteiger partial charge in [-0.3, -0.25) is 0 Å². The summed E-state index contributed by atoms with van der Waals surface area (Å²) in [6.45, 7) is 0. The Hall–Kier alpha value is -3.00. The molecule has 0 amide bonds. The molecule has 3 N–H and O–H groups in total. The smallest absolute Gasteiger partial charge is 0.744 e. The number of phenols is 1. The maximum Gasteiger partial charge on any atom is 1.00 e. The van der Waals surface area contributed by atoms with Gasteiger partial charge in [0.25, 0.3) is 0 Å². The number of nitrogens with two attached hydrogens (primary N) is 1. The number of hydrogen-bond acceptors (Lipinski definition) is 10. The molecule has 4 aromatic rings. The van der Waals surface area contributed by atoms with E-state index in [1.165, 1.54) is 42.5 Å². The number of anilines is 1. The first kappa shape index (κ1) is 26.6. The van der Waals surface area contributed by atoms with Gasteiger partial charge in [-0.2, -0.15) is 8.42 Å². The molecule has 0 spiro atoms. The first-order chi connectivity index (χ1) is 16.1. The van der Waals surface area contributed by atoms with Crippen LogP contribution < -0.4 is 39.5 Å². The van der Waals surface area contributed by atoms with Crippen molar-refractivity contribution in [2.75, 3.05) is 5.73 Å². The summed E-state index contributed by atoms with van der Waals surface area (Å²) in [5, 5.41) is 18.6. The van der Waals surface area contributed by atoms with E-state index in [4.69, 9.17) is 9.92 Å². The predicted octanol–water partition coefficient (Wildman–Crippen LogP) is 1.22. The van der Waals surface area contributed by atoms with Gasteiger partial charge in [0, 0.05) is 0 Å². The number of nitrogen functional groups attached to an aromatic ring is 1. The Kier molecular flexibility index (Phi) is 7.84. The molecule has 0 saturated carbocycles. The summed E-state index contributed by atoms with van der Waals surface area (Å²) in [7, 11) is -9.09. The first-order valence-corrected chi connectivity index (χ1v) is 12.4. The van der Waals surface area contributed by atoms with Gasteiger partial charge in [0.1, 0.15) is 37.9 Å². The number of phenolic OH excluding ortho intramolecular Hbond substituents is 1. The SMILES string of the molecule is Nc1ccc2cc(S(=O)(=O)[O-])cc(O)c2c1N=Nc1ccccc1S(=O)(=O)Oc1ccccc1.[Na+]. The minimum absolute atomic E-state index is 0. The molecular weight excluding hydrogens is 505 g/mol. The molecule has 0 bridgehead atoms. The van der Waals surface area contributed by atoms with Crippen LogP contribution in [0.1, 0.15) is 0 Å². The number of para-hydroxylation sites is 1. The Balaban J connectivity index is 0.00000342. The molecule has 4 rings (SSSR count). The number of benzene rings is 4. The van der Waals surface area contributed by atoms with Crippen LogP contribution in [0.4, 0.5) is 17.1 Å². The average molecular weight is 522 g/mol. The average Bonchev–Trinajstić information content (AvgIpc) is 2.78. The van der Waals surface area contributed by atoms with Gasteiger partial charge in [-0.25, -0.2) is 8.42 Å². The Morgan fingerprint density at radius 2 is 1.51 bits per heavy atom. The van der Waals surface area contributed by atoms with Crippen LogP contribution in [0, 0.1) is 0 Å². The number of nitrogens with zero attached hydrogens (tertiary/aromatic N) is 2. The van der Waals surface area contributed by atoms with Crippen LogP contribution in [0.15, 0.2) is 98.9 Å². The number of azo groups is 1. The van der Waals surface area contributed by atoms with Crippen molar-refractivity contribution in [3.63, 3.8) is 0 Å². The van der Waals surface area contributed by atoms with Crippen molar-refractivity contribution < 1.29 is 60.2 Å². The molecule has 0 unspecified atom stereocenters. The maximum absolute atomic E-state index is 12.8. The van der Waals surface area contributed by atoms with Crippen LogP contribution in [0.5, 0.6) is 11.5 Å². The molecule has 174 valence electrons. The molecule has 0 aromatic heterocycles. The molecule has 35 heavy (non-hydrogen) atoms. The third-order valence-electron chi connectivity index (χ3n) is 4.70. The summed E-state index contributed by atoms with van der Waals surface area (Å²) in [6, 6.07) is 18.3. The first-order valence-electron chi connectivity index (χ1n) is 9.58. The van der Waals surface area contributed by atoms with E-state index in [1.807, 2.05) is 0 Å². The number of rotatable bonds is 6. The summed E-state index contributed by atoms with van der Waals surface area (Å²) >= 11 is 0. The van der Waals surface area contributed by atoms with Crippen molar-refractivity contribution in [1.29, 1.82) is 0 Å². The summed E-state index contributed by atoms with van der Waals surface area (Å²) < 4.78 is 64.9. The van der Waals surface area contributed by atoms with Crippen molar-refractivity contribution in [2.45, 2.75) is 9.79 Å². The van der Waals surface area contributed by atoms with E-state index in [1.54, 1.807) is 24.3 Å². The van der Waals surface area contributed by atoms with E-state index in [0.717, 1.165) is 12.1 Å². The number of hydrogen-bond donors (Lipinski definition) is 2. The van der Waals surface area contributed by atoms with Gasteiger partial charge in [0.15, 0.2) is 0 Å². The fourth-order valence-electron chi connectivity index (χ4n) is 3.17. The third-order valence-corrected chi connectivity index (χ3v) is 6.81. The van der Waals surface area contributed by atoms with Gasteiger partial charge in [0.05, 0.1) is 16.0 Å². The van der Waals surface area contributed by atoms with E-state index < -0.39 is 30.9 Å². The molecule has 0 heterocycles. The van der Waals surface area contributed by atoms with Crippen LogP contribution in [0.25, 0.3) is 10.8 Å². The van der Waals surface area contributed by atoms with Gasteiger partial charge < -0.3 is 19.6 Å². The van der Waals surface area contributed by atoms with Gasteiger partial charge in [-0.1, -0.05) is 36.4 Å². The minimum Gasteiger partial charge on any atom is -0.744 e. The monoisotopic (exact) mass is 521 g/mol. The van der Waals surface area contributed by atoms with E-state index >= 15 is 0 Å². The molecule has 0 aliphatic carbocycles. The van der Waals surface area contributed by atoms with Crippen LogP contribution in [-0.4, -0.2) is 26.5 Å². The molecule has 0 saturated heterocycles. The molecule has 0 atom stereocenters. The second kappa shape index (κ2) is 10.3. The topological polar surface area (TPSA) is 172 Å². The number of fused-ring (bicyclic) bond motifs is 1. The predicted molar refractivity (Wildman–Crippen MR) is 123 cm³/mol. The second-order valence-electron chi connectivity index (χ2n) is 7.02. The Bertz CT molecular complexity index is 1640. The molecule has 10 nitrogen and oxygen atoms in total. The van der Waals surface area contributed by atoms with Crippen LogP contribution >= 0.6 is 0 Å². The summed E-state index contributed by atoms with van der Waals surface area (Å²) in [5.41, 5.74) is 5.95. The molecule has 0 radical (unpaired) electrons. The Morgan fingerprint density at radius 1 is 0.857 bits per heavy atom. The van der Waals surface area contributed by atoms with E-state index in [2.05, 4.69) is 10.2 Å². The summed E-state index contributed by atoms with van der Waals surface area (Å²) in [6.07, 6.45) is 0. The van der Waals surface area contributed by atoms with E-state index in [9.17, 15) is 26.5 Å². The fourth-order valence-corrected chi connectivity index (χ4v) is 4.76. The fraction of sp³-hybridized carbons (Fsp3) is 0. The molecule has 13 heteroatoms. The van der Waals surface area contributed by atoms with Gasteiger partial charge in [-0.05, 0) is 47.9 Å². The molecule has 0 aliphatic rings. The van der Waals surface area contributed by atoms with Crippen LogP contribution in [0.3, 0.4) is 0 Å².